The average molecular weight is 1700 g/mol. The molecule has 0 spiro atoms. The Hall–Kier alpha value is -15.6. The van der Waals surface area contributed by atoms with Gasteiger partial charge in [0, 0.05) is 130 Å². The smallest absolute Gasteiger partial charge is 0.267 e. The maximum absolute atomic E-state index is 12.9. The molecule has 0 fully saturated rings. The Bertz CT molecular complexity index is 6450. The molecule has 1 unspecified atom stereocenters. The van der Waals surface area contributed by atoms with Crippen LogP contribution in [0.3, 0.4) is 0 Å². The molecule has 1 N–H and O–H groups in total. The van der Waals surface area contributed by atoms with Crippen LogP contribution in [-0.2, 0) is 16.7 Å². The molecule has 127 heavy (non-hydrogen) atoms. The summed E-state index contributed by atoms with van der Waals surface area (Å²) in [6.45, 7) is 1.87. The monoisotopic (exact) mass is 1690 g/mol. The van der Waals surface area contributed by atoms with Crippen LogP contribution < -0.4 is 57.5 Å². The zero-order valence-electron chi connectivity index (χ0n) is 71.5. The average Bonchev–Trinajstić information content (AvgIpc) is 1.60. The van der Waals surface area contributed by atoms with Crippen LogP contribution in [0.2, 0.25) is 0 Å². The van der Waals surface area contributed by atoms with Crippen molar-refractivity contribution in [1.82, 2.24) is 13.7 Å². The van der Waals surface area contributed by atoms with Crippen LogP contribution in [0.25, 0.3) is 99.0 Å². The number of aryl methyl sites for hydroxylation is 1. The van der Waals surface area contributed by atoms with E-state index in [-0.39, 0.29) is 6.42 Å². The zero-order valence-corrected chi connectivity index (χ0v) is 72.4. The van der Waals surface area contributed by atoms with Crippen LogP contribution in [0.5, 0.6) is 46.0 Å². The Labute approximate surface area is 736 Å². The second-order valence-electron chi connectivity index (χ2n) is 31.2. The van der Waals surface area contributed by atoms with E-state index in [4.69, 9.17) is 37.9 Å². The number of anilines is 12. The summed E-state index contributed by atoms with van der Waals surface area (Å²) in [5.74, 6) is 6.02. The van der Waals surface area contributed by atoms with Crippen molar-refractivity contribution in [3.05, 3.63) is 352 Å². The van der Waals surface area contributed by atoms with Crippen molar-refractivity contribution in [2.24, 2.45) is 0 Å². The summed E-state index contributed by atoms with van der Waals surface area (Å²) in [6.07, 6.45) is 0.170. The van der Waals surface area contributed by atoms with E-state index >= 15 is 0 Å². The van der Waals surface area contributed by atoms with E-state index in [1.54, 1.807) is 63.8 Å². The van der Waals surface area contributed by atoms with Gasteiger partial charge in [-0.2, -0.15) is 8.42 Å². The van der Waals surface area contributed by atoms with E-state index in [2.05, 4.69) is 288 Å². The maximum Gasteiger partial charge on any atom is 0.267 e. The molecule has 0 amide bonds. The molecule has 19 rings (SSSR count). The van der Waals surface area contributed by atoms with Gasteiger partial charge in [-0.25, -0.2) is 0 Å². The number of methoxy groups -OCH3 is 8. The largest absolute Gasteiger partial charge is 0.497 e. The molecule has 0 aliphatic rings. The lowest BCUT2D eigenvalue weighted by Gasteiger charge is -2.26. The van der Waals surface area contributed by atoms with Crippen LogP contribution >= 0.6 is 0 Å². The molecular formula is C108H91N7O11S. The summed E-state index contributed by atoms with van der Waals surface area (Å²) in [4.78, 5) is 8.98. The van der Waals surface area contributed by atoms with Crippen LogP contribution in [0.15, 0.2) is 352 Å². The second-order valence-corrected chi connectivity index (χ2v) is 33.1. The van der Waals surface area contributed by atoms with Crippen molar-refractivity contribution >= 4 is 144 Å². The van der Waals surface area contributed by atoms with Gasteiger partial charge < -0.3 is 71.2 Å². The van der Waals surface area contributed by atoms with Gasteiger partial charge in [0.2, 0.25) is 0 Å². The van der Waals surface area contributed by atoms with E-state index in [9.17, 15) is 13.0 Å². The lowest BCUT2D eigenvalue weighted by Crippen LogP contribution is -2.18. The van der Waals surface area contributed by atoms with Gasteiger partial charge in [-0.1, -0.05) is 48.5 Å². The third-order valence-electron chi connectivity index (χ3n) is 24.2. The number of fused-ring (bicyclic) bond motifs is 9. The molecular weight excluding hydrogens is 1600 g/mol. The highest BCUT2D eigenvalue weighted by Crippen LogP contribution is 2.49. The first-order valence-corrected chi connectivity index (χ1v) is 43.3. The number of hydrogen-bond acceptors (Lipinski definition) is 14. The lowest BCUT2D eigenvalue weighted by molar-refractivity contribution is 0.414. The summed E-state index contributed by atoms with van der Waals surface area (Å²) in [5, 5.41) is 5.13. The van der Waals surface area contributed by atoms with Crippen LogP contribution in [0.1, 0.15) is 13.3 Å². The minimum absolute atomic E-state index is 0.170. The quantitative estimate of drug-likeness (QED) is 0.0462. The first-order valence-electron chi connectivity index (χ1n) is 41.8. The maximum atomic E-state index is 12.9. The van der Waals surface area contributed by atoms with Gasteiger partial charge in [0.25, 0.3) is 10.1 Å². The highest BCUT2D eigenvalue weighted by Gasteiger charge is 2.27. The molecule has 18 nitrogen and oxygen atoms in total. The van der Waals surface area contributed by atoms with E-state index in [1.807, 2.05) is 97.1 Å². The molecule has 3 aromatic heterocycles. The van der Waals surface area contributed by atoms with E-state index < -0.39 is 15.4 Å². The van der Waals surface area contributed by atoms with Gasteiger partial charge in [0.1, 0.15) is 46.0 Å². The number of aromatic nitrogens is 3. The molecule has 3 heterocycles. The molecule has 16 aromatic carbocycles. The second kappa shape index (κ2) is 34.3. The summed E-state index contributed by atoms with van der Waals surface area (Å²) in [7, 11) is 9.05. The SMILES string of the molecule is COc1ccc(N(c2ccc(OC)cc2)c2ccc3c(c2)c2cc(N(c4ccc(OC)cc4)c4ccc(OC)cc4)ccc2n3-c2ccc(-c3ccc4c5ccc(-c6ccc(-n7c8ccc(N(c9ccc(OC)cc9)c9ccc(OC)cc9)cc8c8cc(N(c9ccc(OC)cc9)c9ccc(OC)cc9)ccc87)cc6)cc5n(CCC(C)S(=O)(=O)O)c4c3)cc2)cc1. The van der Waals surface area contributed by atoms with Crippen LogP contribution in [0.4, 0.5) is 68.2 Å². The molecule has 0 saturated carbocycles. The first-order chi connectivity index (χ1) is 62.1. The Kier molecular flexibility index (Phi) is 21.9. The van der Waals surface area contributed by atoms with Crippen molar-refractivity contribution in [3.8, 4) is 79.6 Å². The standard InChI is InChI=1S/C108H91N7O11S/c1-70(127(116,117)118)62-63-109-107-64-73(71-10-16-83(17-11-71)114-103-58-36-85(110(75-20-40-89(119-2)41-21-75)76-22-42-90(120-3)43-23-76)66-99(103)100-67-86(37-59-104(100)114)111(77-24-44-91(121-4)45-25-77)78-26-46-92(122-5)47-27-78)14-56-97(107)98-57-15-74(65-108(98)109)72-12-18-84(19-13-72)115-105-60-38-87(112(79-28-48-93(123-6)49-29-79)80-30-50-94(124-7)51-31-80)68-101(105)102-69-88(39-61-106(102)115)113(81-32-52-95(125-8)53-33-81)82-34-54-96(126-9)55-35-82/h10-61,64-70H,62-63H2,1-9H3,(H,116,117,118). The minimum Gasteiger partial charge on any atom is -0.497 e. The van der Waals surface area contributed by atoms with Gasteiger partial charge in [0.05, 0.1) is 84.2 Å². The van der Waals surface area contributed by atoms with Gasteiger partial charge in [-0.15, -0.1) is 0 Å². The molecule has 19 aromatic rings. The van der Waals surface area contributed by atoms with Crippen molar-refractivity contribution in [1.29, 1.82) is 0 Å². The van der Waals surface area contributed by atoms with Gasteiger partial charge in [-0.05, 0) is 339 Å². The molecule has 0 bridgehead atoms. The zero-order chi connectivity index (χ0) is 87.1. The van der Waals surface area contributed by atoms with Gasteiger partial charge >= 0.3 is 0 Å². The van der Waals surface area contributed by atoms with Gasteiger partial charge in [-0.3, -0.25) is 4.55 Å². The molecule has 0 saturated heterocycles. The highest BCUT2D eigenvalue weighted by atomic mass is 32.2. The summed E-state index contributed by atoms with van der Waals surface area (Å²) in [5.41, 5.74) is 23.0. The Balaban J connectivity index is 0.707. The molecule has 630 valence electrons. The number of nitrogens with zero attached hydrogens (tertiary/aromatic N) is 7. The predicted octanol–water partition coefficient (Wildman–Crippen LogP) is 26.9. The fraction of sp³-hybridized carbons (Fsp3) is 0.111. The molecule has 0 aliphatic carbocycles. The Morgan fingerprint density at radius 3 is 0.654 bits per heavy atom. The van der Waals surface area contributed by atoms with E-state index in [1.165, 1.54) is 0 Å². The summed E-state index contributed by atoms with van der Waals surface area (Å²) < 4.78 is 88.3. The third kappa shape index (κ3) is 15.5. The number of benzene rings is 16. The number of rotatable bonds is 28. The molecule has 19 heteroatoms. The predicted molar refractivity (Wildman–Crippen MR) is 516 cm³/mol. The summed E-state index contributed by atoms with van der Waals surface area (Å²) in [6, 6.07) is 122. The fourth-order valence-corrected chi connectivity index (χ4v) is 17.9. The van der Waals surface area contributed by atoms with Crippen LogP contribution in [-0.4, -0.2) is 88.8 Å². The Morgan fingerprint density at radius 1 is 0.244 bits per heavy atom. The van der Waals surface area contributed by atoms with Crippen molar-refractivity contribution in [3.63, 3.8) is 0 Å². The molecule has 0 aliphatic heterocycles. The Morgan fingerprint density at radius 2 is 0.449 bits per heavy atom. The van der Waals surface area contributed by atoms with Crippen LogP contribution in [0, 0.1) is 0 Å². The van der Waals surface area contributed by atoms with E-state index in [0.717, 1.165) is 213 Å². The first kappa shape index (κ1) is 81.1. The normalized spacial score (nSPS) is 11.8. The van der Waals surface area contributed by atoms with Crippen molar-refractivity contribution in [2.75, 3.05) is 76.5 Å². The van der Waals surface area contributed by atoms with Crippen molar-refractivity contribution in [2.45, 2.75) is 25.1 Å². The van der Waals surface area contributed by atoms with E-state index in [0.29, 0.717) is 6.54 Å². The molecule has 1 atom stereocenters. The molecule has 0 radical (unpaired) electrons. The van der Waals surface area contributed by atoms with Gasteiger partial charge in [0.15, 0.2) is 0 Å². The topological polar surface area (TPSA) is 156 Å². The highest BCUT2D eigenvalue weighted by molar-refractivity contribution is 7.86. The fourth-order valence-electron chi connectivity index (χ4n) is 17.5. The third-order valence-corrected chi connectivity index (χ3v) is 25.4. The van der Waals surface area contributed by atoms with Crippen molar-refractivity contribution < 1.29 is 50.9 Å². The number of hydrogen-bond donors (Lipinski definition) is 1. The number of ether oxygens (including phenoxy) is 8. The minimum atomic E-state index is -4.36. The summed E-state index contributed by atoms with van der Waals surface area (Å²) >= 11 is 0. The lowest BCUT2D eigenvalue weighted by atomic mass is 10.0.